The molecular weight excluding hydrogens is 374 g/mol. The van der Waals surface area contributed by atoms with Crippen LogP contribution >= 0.6 is 22.9 Å². The van der Waals surface area contributed by atoms with Gasteiger partial charge >= 0.3 is 5.97 Å². The van der Waals surface area contributed by atoms with Crippen LogP contribution in [-0.4, -0.2) is 29.7 Å². The number of nitrogens with zero attached hydrogens (tertiary/aromatic N) is 2. The van der Waals surface area contributed by atoms with E-state index in [1.165, 1.54) is 11.3 Å². The van der Waals surface area contributed by atoms with Gasteiger partial charge < -0.3 is 14.8 Å². The molecule has 0 aliphatic carbocycles. The molecule has 6 nitrogen and oxygen atoms in total. The fourth-order valence-electron chi connectivity index (χ4n) is 2.61. The summed E-state index contributed by atoms with van der Waals surface area (Å²) in [7, 11) is 1.57. The molecule has 2 aromatic heterocycles. The van der Waals surface area contributed by atoms with Crippen molar-refractivity contribution in [1.29, 1.82) is 0 Å². The molecule has 3 rings (SSSR count). The molecule has 136 valence electrons. The average Bonchev–Trinajstić information content (AvgIpc) is 2.92. The Kier molecular flexibility index (Phi) is 5.29. The fourth-order valence-corrected chi connectivity index (χ4v) is 3.99. The molecule has 0 saturated heterocycles. The van der Waals surface area contributed by atoms with Gasteiger partial charge in [0.1, 0.15) is 27.1 Å². The minimum Gasteiger partial charge on any atom is -0.495 e. The molecule has 26 heavy (non-hydrogen) atoms. The summed E-state index contributed by atoms with van der Waals surface area (Å²) >= 11 is 7.51. The Morgan fingerprint density at radius 3 is 2.73 bits per heavy atom. The first-order chi connectivity index (χ1) is 12.4. The predicted molar refractivity (Wildman–Crippen MR) is 104 cm³/mol. The smallest absolute Gasteiger partial charge is 0.348 e. The lowest BCUT2D eigenvalue weighted by Crippen LogP contribution is -2.04. The average molecular weight is 392 g/mol. The molecule has 0 amide bonds. The van der Waals surface area contributed by atoms with Crippen LogP contribution in [0, 0.1) is 13.8 Å². The lowest BCUT2D eigenvalue weighted by molar-refractivity contribution is 0.0531. The van der Waals surface area contributed by atoms with Crippen molar-refractivity contribution in [1.82, 2.24) is 9.97 Å². The number of halogens is 1. The van der Waals surface area contributed by atoms with E-state index in [1.807, 2.05) is 19.9 Å². The number of aromatic nitrogens is 2. The van der Waals surface area contributed by atoms with E-state index in [-0.39, 0.29) is 5.97 Å². The highest BCUT2D eigenvalue weighted by atomic mass is 35.5. The molecule has 1 N–H and O–H groups in total. The second-order valence-corrected chi connectivity index (χ2v) is 6.96. The third-order valence-electron chi connectivity index (χ3n) is 3.78. The van der Waals surface area contributed by atoms with E-state index in [0.717, 1.165) is 21.5 Å². The van der Waals surface area contributed by atoms with Crippen LogP contribution in [-0.2, 0) is 4.74 Å². The molecule has 2 heterocycles. The van der Waals surface area contributed by atoms with E-state index in [9.17, 15) is 4.79 Å². The highest BCUT2D eigenvalue weighted by Gasteiger charge is 2.21. The minimum absolute atomic E-state index is 0.326. The van der Waals surface area contributed by atoms with E-state index in [2.05, 4.69) is 15.3 Å². The topological polar surface area (TPSA) is 73.3 Å². The second kappa shape index (κ2) is 7.47. The number of ether oxygens (including phenoxy) is 2. The van der Waals surface area contributed by atoms with Crippen LogP contribution in [0.2, 0.25) is 5.02 Å². The summed E-state index contributed by atoms with van der Waals surface area (Å²) in [6.07, 6.45) is 0. The summed E-state index contributed by atoms with van der Waals surface area (Å²) < 4.78 is 10.3. The van der Waals surface area contributed by atoms with Gasteiger partial charge in [-0.2, -0.15) is 0 Å². The van der Waals surface area contributed by atoms with Gasteiger partial charge in [-0.3, -0.25) is 0 Å². The van der Waals surface area contributed by atoms with Crippen LogP contribution < -0.4 is 10.1 Å². The molecule has 0 fully saturated rings. The standard InChI is InChI=1S/C18H18ClN3O3S/c1-5-25-18(23)15-9(2)14-16(20-10(3)21-17(14)26-15)22-11-6-7-13(24-4)12(19)8-11/h6-8H,5H2,1-4H3,(H,20,21,22). The molecule has 3 aromatic rings. The highest BCUT2D eigenvalue weighted by Crippen LogP contribution is 2.36. The molecular formula is C18H18ClN3O3S. The zero-order valence-electron chi connectivity index (χ0n) is 14.8. The van der Waals surface area contributed by atoms with Gasteiger partial charge in [-0.05, 0) is 44.5 Å². The summed E-state index contributed by atoms with van der Waals surface area (Å²) in [6.45, 7) is 5.79. The summed E-state index contributed by atoms with van der Waals surface area (Å²) in [5.74, 6) is 1.48. The van der Waals surface area contributed by atoms with Crippen LogP contribution in [0.15, 0.2) is 18.2 Å². The Balaban J connectivity index is 2.07. The number of methoxy groups -OCH3 is 1. The predicted octanol–water partition coefficient (Wildman–Crippen LogP) is 4.89. The fraction of sp³-hybridized carbons (Fsp3) is 0.278. The summed E-state index contributed by atoms with van der Waals surface area (Å²) in [5, 5.41) is 4.56. The van der Waals surface area contributed by atoms with Crippen molar-refractivity contribution in [2.45, 2.75) is 20.8 Å². The molecule has 1 aromatic carbocycles. The molecule has 0 saturated carbocycles. The number of hydrogen-bond acceptors (Lipinski definition) is 7. The molecule has 0 unspecified atom stereocenters. The molecule has 0 aliphatic rings. The van der Waals surface area contributed by atoms with Crippen molar-refractivity contribution in [2.24, 2.45) is 0 Å². The maximum Gasteiger partial charge on any atom is 0.348 e. The van der Waals surface area contributed by atoms with E-state index in [0.29, 0.717) is 33.9 Å². The number of aryl methyl sites for hydroxylation is 2. The van der Waals surface area contributed by atoms with Gasteiger partial charge in [0.15, 0.2) is 0 Å². The molecule has 0 aliphatic heterocycles. The number of fused-ring (bicyclic) bond motifs is 1. The zero-order valence-corrected chi connectivity index (χ0v) is 16.4. The van der Waals surface area contributed by atoms with Crippen molar-refractivity contribution < 1.29 is 14.3 Å². The van der Waals surface area contributed by atoms with Gasteiger partial charge in [0.05, 0.1) is 24.1 Å². The maximum atomic E-state index is 12.2. The third-order valence-corrected chi connectivity index (χ3v) is 5.24. The van der Waals surface area contributed by atoms with Crippen LogP contribution in [0.5, 0.6) is 5.75 Å². The highest BCUT2D eigenvalue weighted by molar-refractivity contribution is 7.20. The Hall–Kier alpha value is -2.38. The molecule has 0 atom stereocenters. The normalized spacial score (nSPS) is 10.8. The van der Waals surface area contributed by atoms with Crippen molar-refractivity contribution in [2.75, 3.05) is 19.0 Å². The number of anilines is 2. The Labute approximate surface area is 160 Å². The van der Waals surface area contributed by atoms with Gasteiger partial charge in [-0.1, -0.05) is 11.6 Å². The number of carbonyl (C=O) groups excluding carboxylic acids is 1. The Bertz CT molecular complexity index is 987. The van der Waals surface area contributed by atoms with Crippen molar-refractivity contribution >= 4 is 50.6 Å². The van der Waals surface area contributed by atoms with Crippen LogP contribution in [0.3, 0.4) is 0 Å². The number of thiophene rings is 1. The molecule has 0 spiro atoms. The molecule has 0 bridgehead atoms. The number of nitrogens with one attached hydrogen (secondary N) is 1. The van der Waals surface area contributed by atoms with Gasteiger partial charge in [-0.15, -0.1) is 11.3 Å². The third kappa shape index (κ3) is 3.45. The van der Waals surface area contributed by atoms with E-state index < -0.39 is 0 Å². The number of carbonyl (C=O) groups is 1. The SMILES string of the molecule is CCOC(=O)c1sc2nc(C)nc(Nc3ccc(OC)c(Cl)c3)c2c1C. The first-order valence-electron chi connectivity index (χ1n) is 8.00. The van der Waals surface area contributed by atoms with E-state index >= 15 is 0 Å². The van der Waals surface area contributed by atoms with Gasteiger partial charge in [0.2, 0.25) is 0 Å². The number of hydrogen-bond donors (Lipinski definition) is 1. The first-order valence-corrected chi connectivity index (χ1v) is 9.19. The lowest BCUT2D eigenvalue weighted by Gasteiger charge is -2.10. The molecule has 8 heteroatoms. The van der Waals surface area contributed by atoms with Crippen molar-refractivity contribution in [3.63, 3.8) is 0 Å². The Morgan fingerprint density at radius 1 is 1.31 bits per heavy atom. The summed E-state index contributed by atoms with van der Waals surface area (Å²) in [6, 6.07) is 5.39. The first kappa shape index (κ1) is 18.4. The van der Waals surface area contributed by atoms with Crippen molar-refractivity contribution in [3.8, 4) is 5.75 Å². The van der Waals surface area contributed by atoms with Crippen LogP contribution in [0.25, 0.3) is 10.2 Å². The van der Waals surface area contributed by atoms with Gasteiger partial charge in [0, 0.05) is 5.69 Å². The molecule has 0 radical (unpaired) electrons. The van der Waals surface area contributed by atoms with E-state index in [1.54, 1.807) is 26.2 Å². The van der Waals surface area contributed by atoms with Crippen LogP contribution in [0.4, 0.5) is 11.5 Å². The van der Waals surface area contributed by atoms with Crippen molar-refractivity contribution in [3.05, 3.63) is 39.5 Å². The largest absolute Gasteiger partial charge is 0.495 e. The zero-order chi connectivity index (χ0) is 18.8. The maximum absolute atomic E-state index is 12.2. The summed E-state index contributed by atoms with van der Waals surface area (Å²) in [4.78, 5) is 22.4. The van der Waals surface area contributed by atoms with Gasteiger partial charge in [-0.25, -0.2) is 14.8 Å². The Morgan fingerprint density at radius 2 is 2.08 bits per heavy atom. The van der Waals surface area contributed by atoms with Crippen LogP contribution in [0.1, 0.15) is 28.0 Å². The quantitative estimate of drug-likeness (QED) is 0.624. The second-order valence-electron chi connectivity index (χ2n) is 5.55. The van der Waals surface area contributed by atoms with Gasteiger partial charge in [0.25, 0.3) is 0 Å². The number of benzene rings is 1. The minimum atomic E-state index is -0.343. The summed E-state index contributed by atoms with van der Waals surface area (Å²) in [5.41, 5.74) is 1.56. The number of esters is 1. The lowest BCUT2D eigenvalue weighted by atomic mass is 10.2. The number of rotatable bonds is 5. The monoisotopic (exact) mass is 391 g/mol. The van der Waals surface area contributed by atoms with E-state index in [4.69, 9.17) is 21.1 Å².